The largest absolute Gasteiger partial charge is 0.379 e. The van der Waals surface area contributed by atoms with Gasteiger partial charge in [0.2, 0.25) is 5.95 Å². The molecule has 166 valence electrons. The average molecular weight is 436 g/mol. The summed E-state index contributed by atoms with van der Waals surface area (Å²) in [4.78, 5) is 28.3. The molecule has 1 aliphatic heterocycles. The van der Waals surface area contributed by atoms with E-state index in [1.165, 1.54) is 6.07 Å². The summed E-state index contributed by atoms with van der Waals surface area (Å²) >= 11 is 0. The van der Waals surface area contributed by atoms with E-state index in [2.05, 4.69) is 14.9 Å². The lowest BCUT2D eigenvalue weighted by Gasteiger charge is -2.32. The number of alkyl halides is 3. The highest BCUT2D eigenvalue weighted by Crippen LogP contribution is 2.21. The fourth-order valence-corrected chi connectivity index (χ4v) is 3.25. The molecule has 4 rings (SSSR count). The van der Waals surface area contributed by atoms with Crippen LogP contribution in [0, 0.1) is 0 Å². The molecule has 11 heteroatoms. The highest BCUT2D eigenvalue weighted by atomic mass is 19.4. The number of rotatable bonds is 3. The van der Waals surface area contributed by atoms with E-state index in [1.807, 2.05) is 25.1 Å². The minimum absolute atomic E-state index is 0.0975. The minimum Gasteiger partial charge on any atom is -0.375 e. The summed E-state index contributed by atoms with van der Waals surface area (Å²) in [5, 5.41) is 0.919. The molecule has 1 unspecified atom stereocenters. The van der Waals surface area contributed by atoms with Gasteiger partial charge in [0.25, 0.3) is 5.56 Å². The van der Waals surface area contributed by atoms with Crippen molar-refractivity contribution < 1.29 is 17.9 Å². The van der Waals surface area contributed by atoms with Crippen LogP contribution in [0.4, 0.5) is 19.1 Å². The van der Waals surface area contributed by atoms with Crippen molar-refractivity contribution in [2.75, 3.05) is 24.6 Å². The molecule has 1 atom stereocenters. The number of nitrogens with zero attached hydrogens (tertiary/aromatic N) is 5. The third-order valence-electron chi connectivity index (χ3n) is 4.74. The Morgan fingerprint density at radius 2 is 1.97 bits per heavy atom. The molecule has 0 radical (unpaired) electrons. The van der Waals surface area contributed by atoms with Crippen LogP contribution in [0.1, 0.15) is 12.6 Å². The predicted molar refractivity (Wildman–Crippen MR) is 111 cm³/mol. The maximum atomic E-state index is 12.5. The molecule has 2 N–H and O–H groups in total. The van der Waals surface area contributed by atoms with Crippen molar-refractivity contribution in [2.24, 2.45) is 12.8 Å². The van der Waals surface area contributed by atoms with Crippen LogP contribution in [0.3, 0.4) is 0 Å². The molecular weight excluding hydrogens is 413 g/mol. The van der Waals surface area contributed by atoms with Gasteiger partial charge < -0.3 is 15.4 Å². The number of hydrogen-bond donors (Lipinski definition) is 1. The van der Waals surface area contributed by atoms with Crippen molar-refractivity contribution in [3.05, 3.63) is 46.5 Å². The number of anilines is 1. The van der Waals surface area contributed by atoms with Gasteiger partial charge in [0.15, 0.2) is 0 Å². The van der Waals surface area contributed by atoms with Gasteiger partial charge in [-0.1, -0.05) is 0 Å². The summed E-state index contributed by atoms with van der Waals surface area (Å²) < 4.78 is 36.2. The summed E-state index contributed by atoms with van der Waals surface area (Å²) in [6.45, 7) is 0.711. The normalized spacial score (nSPS) is 16.4. The SMILES string of the molecule is CC1CN(c2nc(-c3ccc4cnc(CN)cc4n3)cc(=O)n2C)CCO1.FC(F)F. The van der Waals surface area contributed by atoms with E-state index in [4.69, 9.17) is 15.5 Å². The van der Waals surface area contributed by atoms with Gasteiger partial charge in [-0.05, 0) is 25.1 Å². The van der Waals surface area contributed by atoms with Crippen LogP contribution >= 0.6 is 0 Å². The standard InChI is InChI=1S/C19H22N6O2.CHF3/c1-12-11-25(5-6-27-12)19-23-17(8-18(26)24(19)2)15-4-3-13-10-21-14(9-20)7-16(13)22-15;2-1(3)4/h3-4,7-8,10,12H,5-6,9,11,20H2,1-2H3;1H. The fraction of sp³-hybridized carbons (Fsp3) is 0.400. The zero-order valence-corrected chi connectivity index (χ0v) is 17.1. The Morgan fingerprint density at radius 1 is 1.23 bits per heavy atom. The molecule has 31 heavy (non-hydrogen) atoms. The zero-order valence-electron chi connectivity index (χ0n) is 17.1. The molecule has 8 nitrogen and oxygen atoms in total. The average Bonchev–Trinajstić information content (AvgIpc) is 2.74. The number of fused-ring (bicyclic) bond motifs is 1. The van der Waals surface area contributed by atoms with Crippen LogP contribution in [-0.2, 0) is 18.3 Å². The number of hydrogen-bond acceptors (Lipinski definition) is 7. The molecule has 3 aromatic rings. The van der Waals surface area contributed by atoms with Gasteiger partial charge in [-0.3, -0.25) is 14.3 Å². The molecule has 0 spiro atoms. The Labute approximate surface area is 176 Å². The van der Waals surface area contributed by atoms with E-state index in [0.717, 1.165) is 16.6 Å². The van der Waals surface area contributed by atoms with Crippen LogP contribution in [-0.4, -0.2) is 52.0 Å². The molecule has 0 aromatic carbocycles. The first kappa shape index (κ1) is 22.6. The molecule has 3 aromatic heterocycles. The molecule has 0 bridgehead atoms. The van der Waals surface area contributed by atoms with Gasteiger partial charge in [0.1, 0.15) is 0 Å². The first-order valence-electron chi connectivity index (χ1n) is 9.61. The molecule has 0 saturated carbocycles. The quantitative estimate of drug-likeness (QED) is 0.672. The van der Waals surface area contributed by atoms with Crippen LogP contribution < -0.4 is 16.2 Å². The highest BCUT2D eigenvalue weighted by molar-refractivity contribution is 5.80. The second kappa shape index (κ2) is 9.84. The third kappa shape index (κ3) is 5.56. The number of halogens is 3. The van der Waals surface area contributed by atoms with Gasteiger partial charge in [-0.15, -0.1) is 0 Å². The van der Waals surface area contributed by atoms with E-state index in [0.29, 0.717) is 43.6 Å². The van der Waals surface area contributed by atoms with Gasteiger partial charge in [0, 0.05) is 44.3 Å². The summed E-state index contributed by atoms with van der Waals surface area (Å²) in [7, 11) is 1.74. The van der Waals surface area contributed by atoms with Crippen molar-refractivity contribution >= 4 is 16.9 Å². The zero-order chi connectivity index (χ0) is 22.5. The smallest absolute Gasteiger partial charge is 0.375 e. The van der Waals surface area contributed by atoms with Gasteiger partial charge in [-0.2, -0.15) is 13.2 Å². The molecule has 1 fully saturated rings. The first-order chi connectivity index (χ1) is 14.8. The molecule has 0 amide bonds. The highest BCUT2D eigenvalue weighted by Gasteiger charge is 2.21. The Bertz CT molecular complexity index is 1110. The second-order valence-electron chi connectivity index (χ2n) is 6.98. The second-order valence-corrected chi connectivity index (χ2v) is 6.98. The number of nitrogens with two attached hydrogens (primary N) is 1. The summed E-state index contributed by atoms with van der Waals surface area (Å²) in [6.07, 6.45) is 1.85. The van der Waals surface area contributed by atoms with E-state index in [1.54, 1.807) is 17.8 Å². The van der Waals surface area contributed by atoms with Gasteiger partial charge in [0.05, 0.1) is 35.3 Å². The molecule has 1 aliphatic rings. The van der Waals surface area contributed by atoms with Crippen LogP contribution in [0.15, 0.2) is 35.3 Å². The summed E-state index contributed by atoms with van der Waals surface area (Å²) in [6, 6.07) is 7.18. The van der Waals surface area contributed by atoms with Gasteiger partial charge in [-0.25, -0.2) is 9.97 Å². The number of pyridine rings is 2. The predicted octanol–water partition coefficient (Wildman–Crippen LogP) is 2.25. The minimum atomic E-state index is -3.67. The van der Waals surface area contributed by atoms with E-state index in [-0.39, 0.29) is 11.7 Å². The molecular formula is C20H23F3N6O2. The lowest BCUT2D eigenvalue weighted by atomic mass is 10.2. The first-order valence-corrected chi connectivity index (χ1v) is 9.61. The number of aromatic nitrogens is 4. The van der Waals surface area contributed by atoms with Crippen molar-refractivity contribution in [3.63, 3.8) is 0 Å². The van der Waals surface area contributed by atoms with Crippen LogP contribution in [0.25, 0.3) is 22.3 Å². The lowest BCUT2D eigenvalue weighted by molar-refractivity contribution is 0.00819. The lowest BCUT2D eigenvalue weighted by Crippen LogP contribution is -2.44. The molecule has 1 saturated heterocycles. The monoisotopic (exact) mass is 436 g/mol. The van der Waals surface area contributed by atoms with Gasteiger partial charge >= 0.3 is 6.68 Å². The van der Waals surface area contributed by atoms with Crippen molar-refractivity contribution in [3.8, 4) is 11.4 Å². The maximum absolute atomic E-state index is 12.5. The van der Waals surface area contributed by atoms with Crippen LogP contribution in [0.2, 0.25) is 0 Å². The van der Waals surface area contributed by atoms with Crippen LogP contribution in [0.5, 0.6) is 0 Å². The third-order valence-corrected chi connectivity index (χ3v) is 4.74. The van der Waals surface area contributed by atoms with Crippen molar-refractivity contribution in [1.29, 1.82) is 0 Å². The molecule has 4 heterocycles. The van der Waals surface area contributed by atoms with Crippen molar-refractivity contribution in [1.82, 2.24) is 19.5 Å². The molecule has 0 aliphatic carbocycles. The Kier molecular flexibility index (Phi) is 7.18. The van der Waals surface area contributed by atoms with E-state index < -0.39 is 6.68 Å². The number of morpholine rings is 1. The number of ether oxygens (including phenoxy) is 1. The van der Waals surface area contributed by atoms with E-state index in [9.17, 15) is 18.0 Å². The maximum Gasteiger partial charge on any atom is 0.379 e. The Morgan fingerprint density at radius 3 is 2.65 bits per heavy atom. The van der Waals surface area contributed by atoms with E-state index >= 15 is 0 Å². The Hall–Kier alpha value is -3.05. The van der Waals surface area contributed by atoms with Crippen molar-refractivity contribution in [2.45, 2.75) is 26.3 Å². The summed E-state index contributed by atoms with van der Waals surface area (Å²) in [5.41, 5.74) is 8.32. The Balaban J connectivity index is 0.000000628. The topological polar surface area (TPSA) is 99.2 Å². The fourth-order valence-electron chi connectivity index (χ4n) is 3.25. The summed E-state index contributed by atoms with van der Waals surface area (Å²) in [5.74, 6) is 0.631.